The van der Waals surface area contributed by atoms with Crippen molar-refractivity contribution < 1.29 is 14.3 Å². The fraction of sp³-hybridized carbons (Fsp3) is 0.400. The molecule has 0 saturated heterocycles. The smallest absolute Gasteiger partial charge is 0.409 e. The summed E-state index contributed by atoms with van der Waals surface area (Å²) in [6.45, 7) is 0. The van der Waals surface area contributed by atoms with E-state index in [1.54, 1.807) is 11.9 Å². The van der Waals surface area contributed by atoms with E-state index in [-0.39, 0.29) is 17.7 Å². The first-order valence-electron chi connectivity index (χ1n) is 8.44. The number of ether oxygens (including phenoxy) is 1. The van der Waals surface area contributed by atoms with Gasteiger partial charge in [0.25, 0.3) is 0 Å². The molecule has 0 aliphatic heterocycles. The quantitative estimate of drug-likeness (QED) is 0.843. The highest BCUT2D eigenvalue weighted by Crippen LogP contribution is 2.39. The fourth-order valence-corrected chi connectivity index (χ4v) is 3.81. The normalized spacial score (nSPS) is 19.1. The number of benzene rings is 2. The lowest BCUT2D eigenvalue weighted by Gasteiger charge is -2.36. The van der Waals surface area contributed by atoms with Gasteiger partial charge in [0.2, 0.25) is 0 Å². The van der Waals surface area contributed by atoms with Crippen molar-refractivity contribution in [1.29, 1.82) is 0 Å². The maximum atomic E-state index is 12.6. The van der Waals surface area contributed by atoms with E-state index in [2.05, 4.69) is 18.2 Å². The van der Waals surface area contributed by atoms with Gasteiger partial charge in [0, 0.05) is 19.4 Å². The first kappa shape index (κ1) is 16.5. The molecule has 1 aliphatic rings. The molecule has 0 radical (unpaired) electrons. The molecule has 126 valence electrons. The minimum Gasteiger partial charge on any atom is -0.453 e. The summed E-state index contributed by atoms with van der Waals surface area (Å²) in [5, 5.41) is 2.20. The first-order valence-corrected chi connectivity index (χ1v) is 8.44. The molecule has 0 unspecified atom stereocenters. The Bertz CT molecular complexity index is 750. The van der Waals surface area contributed by atoms with Gasteiger partial charge in [0.15, 0.2) is 0 Å². The zero-order valence-electron chi connectivity index (χ0n) is 14.2. The Balaban J connectivity index is 2.12. The van der Waals surface area contributed by atoms with Crippen molar-refractivity contribution in [2.75, 3.05) is 14.2 Å². The van der Waals surface area contributed by atoms with Crippen molar-refractivity contribution >= 4 is 22.6 Å². The summed E-state index contributed by atoms with van der Waals surface area (Å²) in [5.74, 6) is 0.0728. The average Bonchev–Trinajstić information content (AvgIpc) is 2.63. The van der Waals surface area contributed by atoms with Gasteiger partial charge in [-0.15, -0.1) is 0 Å². The van der Waals surface area contributed by atoms with Gasteiger partial charge in [-0.25, -0.2) is 4.79 Å². The first-order chi connectivity index (χ1) is 11.6. The number of fused-ring (bicyclic) bond motifs is 1. The Morgan fingerprint density at radius 2 is 1.92 bits per heavy atom. The maximum Gasteiger partial charge on any atom is 0.409 e. The van der Waals surface area contributed by atoms with Gasteiger partial charge in [-0.3, -0.25) is 4.79 Å². The minimum absolute atomic E-state index is 0.173. The van der Waals surface area contributed by atoms with E-state index in [0.717, 1.165) is 35.6 Å². The van der Waals surface area contributed by atoms with Crippen LogP contribution in [0.3, 0.4) is 0 Å². The van der Waals surface area contributed by atoms with Crippen molar-refractivity contribution in [2.24, 2.45) is 5.92 Å². The molecule has 0 N–H and O–H groups in total. The Morgan fingerprint density at radius 1 is 1.17 bits per heavy atom. The molecule has 1 fully saturated rings. The molecule has 3 rings (SSSR count). The summed E-state index contributed by atoms with van der Waals surface area (Å²) in [5.41, 5.74) is 1.02. The number of carbonyl (C=O) groups excluding carboxylic acids is 2. The second-order valence-electron chi connectivity index (χ2n) is 6.41. The number of hydrogen-bond donors (Lipinski definition) is 0. The standard InChI is InChI=1S/C20H23NO3/c1-21(20(23)24-2)19(17-11-5-6-13-18(17)22)16-12-7-9-14-8-3-4-10-15(14)16/h3-4,7-10,12,17,19H,5-6,11,13H2,1-2H3/t17-,19-/m1/s1. The van der Waals surface area contributed by atoms with Crippen LogP contribution in [-0.4, -0.2) is 30.9 Å². The Hall–Kier alpha value is -2.36. The van der Waals surface area contributed by atoms with E-state index in [0.29, 0.717) is 6.42 Å². The van der Waals surface area contributed by atoms with Gasteiger partial charge in [0.1, 0.15) is 5.78 Å². The van der Waals surface area contributed by atoms with Crippen molar-refractivity contribution in [3.8, 4) is 0 Å². The summed E-state index contributed by atoms with van der Waals surface area (Å²) < 4.78 is 4.93. The average molecular weight is 325 g/mol. The molecule has 2 aromatic carbocycles. The molecule has 0 bridgehead atoms. The highest BCUT2D eigenvalue weighted by molar-refractivity contribution is 5.89. The molecule has 0 aromatic heterocycles. The number of hydrogen-bond acceptors (Lipinski definition) is 3. The zero-order chi connectivity index (χ0) is 17.1. The topological polar surface area (TPSA) is 46.6 Å². The van der Waals surface area contributed by atoms with E-state index in [4.69, 9.17) is 4.74 Å². The van der Waals surface area contributed by atoms with Crippen LogP contribution in [0.2, 0.25) is 0 Å². The third kappa shape index (κ3) is 3.01. The lowest BCUT2D eigenvalue weighted by molar-refractivity contribution is -0.126. The van der Waals surface area contributed by atoms with Crippen molar-refractivity contribution in [2.45, 2.75) is 31.7 Å². The SMILES string of the molecule is COC(=O)N(C)[C@H](c1cccc2ccccc12)[C@@H]1CCCCC1=O. The molecule has 0 heterocycles. The highest BCUT2D eigenvalue weighted by atomic mass is 16.5. The van der Waals surface area contributed by atoms with E-state index in [1.165, 1.54) is 7.11 Å². The Morgan fingerprint density at radius 3 is 2.67 bits per heavy atom. The third-order valence-corrected chi connectivity index (χ3v) is 5.00. The number of ketones is 1. The van der Waals surface area contributed by atoms with Crippen LogP contribution in [0.4, 0.5) is 4.79 Å². The molecule has 4 nitrogen and oxygen atoms in total. The number of amides is 1. The fourth-order valence-electron chi connectivity index (χ4n) is 3.81. The number of carbonyl (C=O) groups is 2. The molecule has 1 aliphatic carbocycles. The third-order valence-electron chi connectivity index (χ3n) is 5.00. The maximum absolute atomic E-state index is 12.6. The van der Waals surface area contributed by atoms with E-state index >= 15 is 0 Å². The van der Waals surface area contributed by atoms with Gasteiger partial charge in [-0.2, -0.15) is 0 Å². The molecule has 2 atom stereocenters. The molecule has 4 heteroatoms. The summed E-state index contributed by atoms with van der Waals surface area (Å²) in [7, 11) is 3.10. The predicted octanol–water partition coefficient (Wildman–Crippen LogP) is 4.34. The molecular weight excluding hydrogens is 302 g/mol. The molecule has 1 amide bonds. The van der Waals surface area contributed by atoms with E-state index in [1.807, 2.05) is 24.3 Å². The lowest BCUT2D eigenvalue weighted by Crippen LogP contribution is -2.39. The van der Waals surface area contributed by atoms with Crippen LogP contribution in [0.1, 0.15) is 37.3 Å². The van der Waals surface area contributed by atoms with Gasteiger partial charge in [-0.05, 0) is 29.2 Å². The van der Waals surface area contributed by atoms with Crippen LogP contribution in [0, 0.1) is 5.92 Å². The van der Waals surface area contributed by atoms with Crippen LogP contribution in [0.15, 0.2) is 42.5 Å². The van der Waals surface area contributed by atoms with Crippen molar-refractivity contribution in [3.63, 3.8) is 0 Å². The number of Topliss-reactive ketones (excluding diaryl/α,β-unsaturated/α-hetero) is 1. The van der Waals surface area contributed by atoms with Crippen LogP contribution >= 0.6 is 0 Å². The van der Waals surface area contributed by atoms with E-state index < -0.39 is 6.09 Å². The van der Waals surface area contributed by atoms with Crippen LogP contribution in [-0.2, 0) is 9.53 Å². The van der Waals surface area contributed by atoms with Gasteiger partial charge in [-0.1, -0.05) is 48.9 Å². The summed E-state index contributed by atoms with van der Waals surface area (Å²) in [6.07, 6.45) is 2.97. The van der Waals surface area contributed by atoms with Gasteiger partial charge in [0.05, 0.1) is 13.2 Å². The second-order valence-corrected chi connectivity index (χ2v) is 6.41. The lowest BCUT2D eigenvalue weighted by atomic mass is 9.78. The largest absolute Gasteiger partial charge is 0.453 e. The molecule has 24 heavy (non-hydrogen) atoms. The number of rotatable bonds is 3. The van der Waals surface area contributed by atoms with Crippen LogP contribution in [0.5, 0.6) is 0 Å². The zero-order valence-corrected chi connectivity index (χ0v) is 14.2. The number of methoxy groups -OCH3 is 1. The second kappa shape index (κ2) is 7.04. The van der Waals surface area contributed by atoms with Gasteiger partial charge < -0.3 is 9.64 Å². The highest BCUT2D eigenvalue weighted by Gasteiger charge is 2.36. The molecular formula is C20H23NO3. The predicted molar refractivity (Wildman–Crippen MR) is 93.8 cm³/mol. The molecule has 0 spiro atoms. The minimum atomic E-state index is -0.411. The summed E-state index contributed by atoms with van der Waals surface area (Å²) >= 11 is 0. The van der Waals surface area contributed by atoms with E-state index in [9.17, 15) is 9.59 Å². The summed E-state index contributed by atoms with van der Waals surface area (Å²) in [6, 6.07) is 13.9. The Kier molecular flexibility index (Phi) is 4.84. The monoisotopic (exact) mass is 325 g/mol. The number of nitrogens with zero attached hydrogens (tertiary/aromatic N) is 1. The molecule has 1 saturated carbocycles. The Labute approximate surface area is 142 Å². The van der Waals surface area contributed by atoms with Crippen molar-refractivity contribution in [1.82, 2.24) is 4.90 Å². The molecule has 2 aromatic rings. The van der Waals surface area contributed by atoms with Crippen LogP contribution < -0.4 is 0 Å². The summed E-state index contributed by atoms with van der Waals surface area (Å²) in [4.78, 5) is 26.4. The van der Waals surface area contributed by atoms with Gasteiger partial charge >= 0.3 is 6.09 Å². The van der Waals surface area contributed by atoms with Crippen LogP contribution in [0.25, 0.3) is 10.8 Å². The van der Waals surface area contributed by atoms with Crippen molar-refractivity contribution in [3.05, 3.63) is 48.0 Å².